The van der Waals surface area contributed by atoms with Crippen LogP contribution < -0.4 is 14.8 Å². The lowest BCUT2D eigenvalue weighted by atomic mass is 10.3. The molecule has 1 atom stereocenters. The zero-order valence-corrected chi connectivity index (χ0v) is 14.6. The van der Waals surface area contributed by atoms with Crippen LogP contribution in [-0.4, -0.2) is 52.6 Å². The van der Waals surface area contributed by atoms with Crippen LogP contribution in [0.3, 0.4) is 0 Å². The number of hydrogen-bond acceptors (Lipinski definition) is 5. The Hall–Kier alpha value is -0.830. The van der Waals surface area contributed by atoms with Gasteiger partial charge in [0.2, 0.25) is 10.0 Å². The Morgan fingerprint density at radius 3 is 2.52 bits per heavy atom. The highest BCUT2D eigenvalue weighted by Gasteiger charge is 2.31. The van der Waals surface area contributed by atoms with Crippen molar-refractivity contribution in [3.05, 3.63) is 16.6 Å². The third-order valence-corrected chi connectivity index (χ3v) is 5.89. The van der Waals surface area contributed by atoms with Crippen LogP contribution >= 0.6 is 15.9 Å². The van der Waals surface area contributed by atoms with Crippen LogP contribution in [0.2, 0.25) is 0 Å². The van der Waals surface area contributed by atoms with E-state index < -0.39 is 10.0 Å². The average molecular weight is 379 g/mol. The Labute approximate surface area is 133 Å². The molecule has 0 bridgehead atoms. The minimum absolute atomic E-state index is 0.122. The lowest BCUT2D eigenvalue weighted by molar-refractivity contribution is 0.308. The van der Waals surface area contributed by atoms with Crippen molar-refractivity contribution >= 4 is 26.0 Å². The van der Waals surface area contributed by atoms with Crippen molar-refractivity contribution in [1.82, 2.24) is 9.62 Å². The van der Waals surface area contributed by atoms with Crippen LogP contribution in [0.4, 0.5) is 0 Å². The second-order valence-electron chi connectivity index (χ2n) is 4.86. The van der Waals surface area contributed by atoms with Crippen molar-refractivity contribution in [2.75, 3.05) is 33.9 Å². The number of nitrogens with one attached hydrogen (secondary N) is 1. The maximum absolute atomic E-state index is 12.8. The van der Waals surface area contributed by atoms with E-state index in [1.54, 1.807) is 6.07 Å². The number of sulfonamides is 1. The number of piperazine rings is 1. The molecule has 8 heteroatoms. The lowest BCUT2D eigenvalue weighted by Crippen LogP contribution is -2.51. The maximum Gasteiger partial charge on any atom is 0.246 e. The van der Waals surface area contributed by atoms with Gasteiger partial charge in [0.05, 0.1) is 18.7 Å². The van der Waals surface area contributed by atoms with Crippen molar-refractivity contribution in [2.45, 2.75) is 17.9 Å². The van der Waals surface area contributed by atoms with Crippen LogP contribution in [-0.2, 0) is 10.0 Å². The number of hydrogen-bond donors (Lipinski definition) is 1. The fourth-order valence-corrected chi connectivity index (χ4v) is 4.45. The van der Waals surface area contributed by atoms with E-state index in [9.17, 15) is 8.42 Å². The van der Waals surface area contributed by atoms with E-state index in [1.807, 2.05) is 6.92 Å². The van der Waals surface area contributed by atoms with Crippen molar-refractivity contribution in [1.29, 1.82) is 0 Å². The molecule has 0 amide bonds. The maximum atomic E-state index is 12.8. The highest BCUT2D eigenvalue weighted by molar-refractivity contribution is 9.10. The molecule has 1 aliphatic rings. The topological polar surface area (TPSA) is 67.9 Å². The van der Waals surface area contributed by atoms with Crippen LogP contribution in [0.15, 0.2) is 21.5 Å². The lowest BCUT2D eigenvalue weighted by Gasteiger charge is -2.31. The van der Waals surface area contributed by atoms with Crippen LogP contribution in [0, 0.1) is 0 Å². The number of ether oxygens (including phenoxy) is 2. The van der Waals surface area contributed by atoms with Crippen molar-refractivity contribution in [3.63, 3.8) is 0 Å². The van der Waals surface area contributed by atoms with Gasteiger partial charge in [-0.3, -0.25) is 0 Å². The van der Waals surface area contributed by atoms with E-state index >= 15 is 0 Å². The predicted molar refractivity (Wildman–Crippen MR) is 83.5 cm³/mol. The summed E-state index contributed by atoms with van der Waals surface area (Å²) in [6.45, 7) is 3.47. The third-order valence-electron chi connectivity index (χ3n) is 3.39. The second-order valence-corrected chi connectivity index (χ2v) is 7.62. The minimum atomic E-state index is -3.62. The van der Waals surface area contributed by atoms with Crippen LogP contribution in [0.5, 0.6) is 11.5 Å². The molecule has 1 N–H and O–H groups in total. The monoisotopic (exact) mass is 378 g/mol. The molecule has 1 aliphatic heterocycles. The summed E-state index contributed by atoms with van der Waals surface area (Å²) >= 11 is 3.33. The van der Waals surface area contributed by atoms with E-state index in [0.29, 0.717) is 35.6 Å². The molecule has 2 rings (SSSR count). The standard InChI is InChI=1S/C13H19BrN2O4S/c1-9-8-16(5-4-15-9)21(17,18)13-7-11(19-2)10(14)6-12(13)20-3/h6-7,9,15H,4-5,8H2,1-3H3. The summed E-state index contributed by atoms with van der Waals surface area (Å²) in [6.07, 6.45) is 0. The summed E-state index contributed by atoms with van der Waals surface area (Å²) < 4.78 is 38.2. The molecule has 0 saturated carbocycles. The third kappa shape index (κ3) is 3.33. The van der Waals surface area contributed by atoms with Gasteiger partial charge in [-0.1, -0.05) is 0 Å². The van der Waals surface area contributed by atoms with E-state index in [-0.39, 0.29) is 10.9 Å². The number of halogens is 1. The fraction of sp³-hybridized carbons (Fsp3) is 0.538. The van der Waals surface area contributed by atoms with Gasteiger partial charge in [0.25, 0.3) is 0 Å². The zero-order chi connectivity index (χ0) is 15.6. The SMILES string of the molecule is COc1cc(S(=O)(=O)N2CCNC(C)C2)c(OC)cc1Br. The summed E-state index contributed by atoms with van der Waals surface area (Å²) in [4.78, 5) is 0.124. The number of rotatable bonds is 4. The Morgan fingerprint density at radius 1 is 1.29 bits per heavy atom. The molecule has 118 valence electrons. The van der Waals surface area contributed by atoms with Crippen molar-refractivity contribution in [2.24, 2.45) is 0 Å². The first-order valence-electron chi connectivity index (χ1n) is 6.55. The Kier molecular flexibility index (Phi) is 5.13. The summed E-state index contributed by atoms with van der Waals surface area (Å²) in [5.41, 5.74) is 0. The fourth-order valence-electron chi connectivity index (χ4n) is 2.29. The smallest absolute Gasteiger partial charge is 0.246 e. The molecule has 0 spiro atoms. The molecule has 1 heterocycles. The molecule has 0 radical (unpaired) electrons. The van der Waals surface area contributed by atoms with Gasteiger partial charge in [0.15, 0.2) is 0 Å². The first-order chi connectivity index (χ1) is 9.90. The first kappa shape index (κ1) is 16.5. The minimum Gasteiger partial charge on any atom is -0.496 e. The molecule has 1 fully saturated rings. The molecule has 6 nitrogen and oxygen atoms in total. The molecule has 1 unspecified atom stereocenters. The van der Waals surface area contributed by atoms with Crippen LogP contribution in [0.1, 0.15) is 6.92 Å². The van der Waals surface area contributed by atoms with Gasteiger partial charge in [0, 0.05) is 31.7 Å². The molecule has 1 aromatic rings. The molecule has 0 aliphatic carbocycles. The predicted octanol–water partition coefficient (Wildman–Crippen LogP) is 1.45. The average Bonchev–Trinajstić information content (AvgIpc) is 2.46. The molecule has 0 aromatic heterocycles. The molecular weight excluding hydrogens is 360 g/mol. The summed E-state index contributed by atoms with van der Waals surface area (Å²) in [5.74, 6) is 0.756. The highest BCUT2D eigenvalue weighted by atomic mass is 79.9. The quantitative estimate of drug-likeness (QED) is 0.858. The van der Waals surface area contributed by atoms with Gasteiger partial charge < -0.3 is 14.8 Å². The highest BCUT2D eigenvalue weighted by Crippen LogP contribution is 2.36. The van der Waals surface area contributed by atoms with Gasteiger partial charge in [-0.2, -0.15) is 4.31 Å². The van der Waals surface area contributed by atoms with Gasteiger partial charge in [-0.15, -0.1) is 0 Å². The van der Waals surface area contributed by atoms with E-state index in [2.05, 4.69) is 21.2 Å². The van der Waals surface area contributed by atoms with E-state index in [1.165, 1.54) is 24.6 Å². The number of nitrogens with zero attached hydrogens (tertiary/aromatic N) is 1. The Morgan fingerprint density at radius 2 is 1.95 bits per heavy atom. The van der Waals surface area contributed by atoms with Gasteiger partial charge in [-0.25, -0.2) is 8.42 Å². The zero-order valence-electron chi connectivity index (χ0n) is 12.2. The van der Waals surface area contributed by atoms with E-state index in [4.69, 9.17) is 9.47 Å². The summed E-state index contributed by atoms with van der Waals surface area (Å²) in [7, 11) is -0.672. The van der Waals surface area contributed by atoms with Crippen molar-refractivity contribution in [3.8, 4) is 11.5 Å². The first-order valence-corrected chi connectivity index (χ1v) is 8.78. The number of benzene rings is 1. The molecule has 1 saturated heterocycles. The van der Waals surface area contributed by atoms with E-state index in [0.717, 1.165) is 0 Å². The molecule has 1 aromatic carbocycles. The summed E-state index contributed by atoms with van der Waals surface area (Å²) in [6, 6.07) is 3.22. The Bertz CT molecular complexity index is 621. The van der Waals surface area contributed by atoms with Crippen molar-refractivity contribution < 1.29 is 17.9 Å². The van der Waals surface area contributed by atoms with Gasteiger partial charge in [-0.05, 0) is 28.9 Å². The largest absolute Gasteiger partial charge is 0.496 e. The Balaban J connectivity index is 2.48. The summed E-state index contributed by atoms with van der Waals surface area (Å²) in [5, 5.41) is 3.23. The molecule has 21 heavy (non-hydrogen) atoms. The van der Waals surface area contributed by atoms with Gasteiger partial charge in [0.1, 0.15) is 16.4 Å². The second kappa shape index (κ2) is 6.51. The number of methoxy groups -OCH3 is 2. The van der Waals surface area contributed by atoms with Gasteiger partial charge >= 0.3 is 0 Å². The van der Waals surface area contributed by atoms with Crippen LogP contribution in [0.25, 0.3) is 0 Å². The normalized spacial score (nSPS) is 20.3. The molecular formula is C13H19BrN2O4S.